The van der Waals surface area contributed by atoms with Gasteiger partial charge in [0, 0.05) is 0 Å². The van der Waals surface area contributed by atoms with Crippen molar-refractivity contribution in [1.82, 2.24) is 0 Å². The molecule has 0 spiro atoms. The van der Waals surface area contributed by atoms with E-state index in [1.165, 1.54) is 18.4 Å². The summed E-state index contributed by atoms with van der Waals surface area (Å²) in [5.74, 6) is 0.662. The van der Waals surface area contributed by atoms with Crippen molar-refractivity contribution >= 4 is 0 Å². The van der Waals surface area contributed by atoms with Crippen LogP contribution in [0, 0.1) is 11.3 Å². The van der Waals surface area contributed by atoms with Gasteiger partial charge in [0.15, 0.2) is 0 Å². The summed E-state index contributed by atoms with van der Waals surface area (Å²) in [6.45, 7) is 8.79. The Bertz CT molecular complexity index is 217. The molecule has 0 aromatic carbocycles. The average Bonchev–Trinajstić information content (AvgIpc) is 2.09. The minimum absolute atomic E-state index is 0.147. The molecule has 0 fully saturated rings. The highest BCUT2D eigenvalue weighted by atomic mass is 16.3. The normalized spacial score (nSPS) is 35.2. The van der Waals surface area contributed by atoms with Crippen molar-refractivity contribution in [1.29, 1.82) is 0 Å². The Morgan fingerprint density at radius 3 is 2.79 bits per heavy atom. The molecule has 1 N–H and O–H groups in total. The smallest absolute Gasteiger partial charge is 0.0512 e. The van der Waals surface area contributed by atoms with Crippen molar-refractivity contribution < 1.29 is 5.11 Å². The molecule has 0 saturated carbocycles. The van der Waals surface area contributed by atoms with Crippen molar-refractivity contribution in [2.24, 2.45) is 11.3 Å². The van der Waals surface area contributed by atoms with E-state index in [4.69, 9.17) is 0 Å². The predicted octanol–water partition coefficient (Wildman–Crippen LogP) is 3.53. The van der Waals surface area contributed by atoms with Gasteiger partial charge < -0.3 is 5.11 Å². The first kappa shape index (κ1) is 11.8. The average molecular weight is 196 g/mol. The summed E-state index contributed by atoms with van der Waals surface area (Å²) in [5.41, 5.74) is 1.95. The second-order valence-electron chi connectivity index (χ2n) is 5.34. The van der Waals surface area contributed by atoms with E-state index in [0.29, 0.717) is 11.3 Å². The van der Waals surface area contributed by atoms with Crippen LogP contribution in [0.2, 0.25) is 0 Å². The summed E-state index contributed by atoms with van der Waals surface area (Å²) in [4.78, 5) is 0. The van der Waals surface area contributed by atoms with Crippen LogP contribution in [-0.2, 0) is 0 Å². The van der Waals surface area contributed by atoms with Crippen LogP contribution in [0.4, 0.5) is 0 Å². The molecule has 0 aromatic heterocycles. The summed E-state index contributed by atoms with van der Waals surface area (Å²) < 4.78 is 0. The topological polar surface area (TPSA) is 20.2 Å². The molecule has 1 nitrogen and oxygen atoms in total. The highest BCUT2D eigenvalue weighted by molar-refractivity contribution is 5.09. The number of hydrogen-bond donors (Lipinski definition) is 1. The zero-order valence-corrected chi connectivity index (χ0v) is 10.0. The van der Waals surface area contributed by atoms with Gasteiger partial charge in [-0.25, -0.2) is 0 Å². The van der Waals surface area contributed by atoms with Crippen LogP contribution < -0.4 is 0 Å². The molecule has 3 atom stereocenters. The van der Waals surface area contributed by atoms with Crippen molar-refractivity contribution in [3.63, 3.8) is 0 Å². The first-order chi connectivity index (χ1) is 6.44. The molecule has 0 unspecified atom stereocenters. The minimum atomic E-state index is -0.147. The van der Waals surface area contributed by atoms with E-state index < -0.39 is 0 Å². The molecule has 1 heteroatoms. The molecule has 0 saturated heterocycles. The predicted molar refractivity (Wildman–Crippen MR) is 61.2 cm³/mol. The molecule has 0 heterocycles. The van der Waals surface area contributed by atoms with Gasteiger partial charge in [-0.2, -0.15) is 0 Å². The highest BCUT2D eigenvalue weighted by Crippen LogP contribution is 2.43. The number of hydrogen-bond acceptors (Lipinski definition) is 1. The van der Waals surface area contributed by atoms with Gasteiger partial charge in [0.05, 0.1) is 6.10 Å². The SMILES string of the molecule is CC1=C[C@H](C)[C@](C)(CC[C@@H](C)O)CC1. The maximum absolute atomic E-state index is 9.32. The molecule has 14 heavy (non-hydrogen) atoms. The molecule has 0 aromatic rings. The Labute approximate surface area is 88.2 Å². The lowest BCUT2D eigenvalue weighted by Crippen LogP contribution is -2.28. The Kier molecular flexibility index (Phi) is 3.77. The van der Waals surface area contributed by atoms with Gasteiger partial charge in [-0.15, -0.1) is 0 Å². The van der Waals surface area contributed by atoms with Crippen LogP contribution in [0.25, 0.3) is 0 Å². The largest absolute Gasteiger partial charge is 0.393 e. The summed E-state index contributed by atoms with van der Waals surface area (Å²) in [6.07, 6.45) is 6.87. The van der Waals surface area contributed by atoms with Crippen LogP contribution in [0.3, 0.4) is 0 Å². The Balaban J connectivity index is 2.57. The van der Waals surface area contributed by atoms with Gasteiger partial charge in [-0.3, -0.25) is 0 Å². The fourth-order valence-electron chi connectivity index (χ4n) is 2.31. The summed E-state index contributed by atoms with van der Waals surface area (Å²) in [7, 11) is 0. The summed E-state index contributed by atoms with van der Waals surface area (Å²) >= 11 is 0. The van der Waals surface area contributed by atoms with Crippen LogP contribution >= 0.6 is 0 Å². The number of rotatable bonds is 3. The van der Waals surface area contributed by atoms with Gasteiger partial charge in [-0.1, -0.05) is 25.5 Å². The maximum Gasteiger partial charge on any atom is 0.0512 e. The van der Waals surface area contributed by atoms with Crippen molar-refractivity contribution in [2.45, 2.75) is 59.5 Å². The van der Waals surface area contributed by atoms with Crippen LogP contribution in [0.5, 0.6) is 0 Å². The van der Waals surface area contributed by atoms with E-state index in [1.54, 1.807) is 0 Å². The second-order valence-corrected chi connectivity index (χ2v) is 5.34. The molecule has 1 rings (SSSR count). The highest BCUT2D eigenvalue weighted by Gasteiger charge is 2.32. The quantitative estimate of drug-likeness (QED) is 0.685. The van der Waals surface area contributed by atoms with Crippen molar-refractivity contribution in [3.8, 4) is 0 Å². The lowest BCUT2D eigenvalue weighted by Gasteiger charge is -2.38. The number of aliphatic hydroxyl groups is 1. The molecule has 0 amide bonds. The Morgan fingerprint density at radius 2 is 2.29 bits per heavy atom. The van der Waals surface area contributed by atoms with E-state index in [1.807, 2.05) is 6.92 Å². The van der Waals surface area contributed by atoms with Crippen molar-refractivity contribution in [2.75, 3.05) is 0 Å². The molecule has 0 bridgehead atoms. The molecule has 82 valence electrons. The van der Waals surface area contributed by atoms with Crippen LogP contribution in [-0.4, -0.2) is 11.2 Å². The molecule has 1 aliphatic carbocycles. The Morgan fingerprint density at radius 1 is 1.64 bits per heavy atom. The van der Waals surface area contributed by atoms with Gasteiger partial charge in [0.25, 0.3) is 0 Å². The second kappa shape index (κ2) is 4.48. The molecule has 1 aliphatic rings. The maximum atomic E-state index is 9.32. The van der Waals surface area contributed by atoms with Gasteiger partial charge >= 0.3 is 0 Å². The van der Waals surface area contributed by atoms with E-state index in [-0.39, 0.29) is 6.10 Å². The van der Waals surface area contributed by atoms with Crippen LogP contribution in [0.1, 0.15) is 53.4 Å². The molecular formula is C13H24O. The first-order valence-corrected chi connectivity index (χ1v) is 5.79. The zero-order chi connectivity index (χ0) is 10.8. The third-order valence-corrected chi connectivity index (χ3v) is 3.86. The third-order valence-electron chi connectivity index (χ3n) is 3.86. The lowest BCUT2D eigenvalue weighted by molar-refractivity contribution is 0.125. The van der Waals surface area contributed by atoms with E-state index in [9.17, 15) is 5.11 Å². The number of aliphatic hydroxyl groups excluding tert-OH is 1. The summed E-state index contributed by atoms with van der Waals surface area (Å²) in [6, 6.07) is 0. The molecule has 0 radical (unpaired) electrons. The van der Waals surface area contributed by atoms with Gasteiger partial charge in [0.1, 0.15) is 0 Å². The third kappa shape index (κ3) is 2.84. The minimum Gasteiger partial charge on any atom is -0.393 e. The molecule has 0 aliphatic heterocycles. The van der Waals surface area contributed by atoms with E-state index >= 15 is 0 Å². The zero-order valence-electron chi connectivity index (χ0n) is 10.0. The van der Waals surface area contributed by atoms with Crippen LogP contribution in [0.15, 0.2) is 11.6 Å². The first-order valence-electron chi connectivity index (χ1n) is 5.79. The fraction of sp³-hybridized carbons (Fsp3) is 0.846. The monoisotopic (exact) mass is 196 g/mol. The van der Waals surface area contributed by atoms with Gasteiger partial charge in [-0.05, 0) is 50.9 Å². The van der Waals surface area contributed by atoms with Gasteiger partial charge in [0.2, 0.25) is 0 Å². The Hall–Kier alpha value is -0.300. The van der Waals surface area contributed by atoms with E-state index in [0.717, 1.165) is 12.8 Å². The molecular weight excluding hydrogens is 172 g/mol. The standard InChI is InChI=1S/C13H24O/c1-10-5-7-13(4,11(2)9-10)8-6-12(3)14/h9,11-12,14H,5-8H2,1-4H3/t11-,12+,13-/m0/s1. The summed E-state index contributed by atoms with van der Waals surface area (Å²) in [5, 5.41) is 9.32. The number of allylic oxidation sites excluding steroid dienone is 2. The lowest BCUT2D eigenvalue weighted by atomic mass is 9.67. The van der Waals surface area contributed by atoms with E-state index in [2.05, 4.69) is 26.8 Å². The fourth-order valence-corrected chi connectivity index (χ4v) is 2.31. The van der Waals surface area contributed by atoms with Crippen molar-refractivity contribution in [3.05, 3.63) is 11.6 Å².